The first-order valence-electron chi connectivity index (χ1n) is 9.07. The number of carbonyl (C=O) groups excluding carboxylic acids is 1. The molecule has 1 amide bonds. The molecule has 1 aromatic carbocycles. The second-order valence-corrected chi connectivity index (χ2v) is 7.10. The number of aromatic amines is 1. The van der Waals surface area contributed by atoms with Crippen LogP contribution in [0.5, 0.6) is 0 Å². The van der Waals surface area contributed by atoms with Gasteiger partial charge in [0, 0.05) is 17.7 Å². The van der Waals surface area contributed by atoms with E-state index in [0.29, 0.717) is 17.8 Å². The Morgan fingerprint density at radius 2 is 2.11 bits per heavy atom. The van der Waals surface area contributed by atoms with Crippen molar-refractivity contribution in [3.05, 3.63) is 70.6 Å². The number of benzene rings is 1. The Hall–Kier alpha value is -3.42. The van der Waals surface area contributed by atoms with E-state index < -0.39 is 12.0 Å². The lowest BCUT2D eigenvalue weighted by molar-refractivity contribution is -0.142. The second-order valence-electron chi connectivity index (χ2n) is 7.10. The van der Waals surface area contributed by atoms with E-state index in [4.69, 9.17) is 0 Å². The number of carbonyl (C=O) groups is 2. The highest BCUT2D eigenvalue weighted by atomic mass is 16.4. The van der Waals surface area contributed by atoms with Crippen LogP contribution in [0.15, 0.2) is 36.7 Å². The van der Waals surface area contributed by atoms with Gasteiger partial charge in [0.15, 0.2) is 0 Å². The molecule has 4 rings (SSSR count). The number of H-pyrrole nitrogens is 1. The van der Waals surface area contributed by atoms with Crippen molar-refractivity contribution in [2.45, 2.75) is 39.4 Å². The van der Waals surface area contributed by atoms with Crippen molar-refractivity contribution in [2.75, 3.05) is 0 Å². The molecule has 0 fully saturated rings. The van der Waals surface area contributed by atoms with Gasteiger partial charge in [0.05, 0.1) is 36.5 Å². The summed E-state index contributed by atoms with van der Waals surface area (Å²) in [4.78, 5) is 33.4. The average molecular weight is 379 g/mol. The Kier molecular flexibility index (Phi) is 4.46. The van der Waals surface area contributed by atoms with Gasteiger partial charge in [0.1, 0.15) is 6.04 Å². The fourth-order valence-electron chi connectivity index (χ4n) is 3.65. The molecule has 8 nitrogen and oxygen atoms in total. The van der Waals surface area contributed by atoms with Crippen LogP contribution in [-0.4, -0.2) is 47.7 Å². The number of aromatic nitrogens is 4. The third kappa shape index (κ3) is 3.28. The van der Waals surface area contributed by atoms with E-state index in [1.165, 1.54) is 11.2 Å². The van der Waals surface area contributed by atoms with E-state index in [1.54, 1.807) is 12.1 Å². The SMILES string of the molecule is Cc1cc(C)n(Cc2cccc(C(=O)N3Cc4[nH]cnc4C[C@H]3C(=O)O)c2)n1. The van der Waals surface area contributed by atoms with Gasteiger partial charge >= 0.3 is 5.97 Å². The molecule has 28 heavy (non-hydrogen) atoms. The van der Waals surface area contributed by atoms with Crippen LogP contribution in [0.1, 0.15) is 38.7 Å². The van der Waals surface area contributed by atoms with E-state index in [0.717, 1.165) is 22.6 Å². The van der Waals surface area contributed by atoms with Crippen LogP contribution >= 0.6 is 0 Å². The molecule has 0 bridgehead atoms. The maximum absolute atomic E-state index is 13.1. The van der Waals surface area contributed by atoms with Gasteiger partial charge in [-0.15, -0.1) is 0 Å². The predicted molar refractivity (Wildman–Crippen MR) is 101 cm³/mol. The zero-order valence-electron chi connectivity index (χ0n) is 15.7. The molecule has 8 heteroatoms. The van der Waals surface area contributed by atoms with Crippen molar-refractivity contribution in [1.82, 2.24) is 24.6 Å². The number of hydrogen-bond donors (Lipinski definition) is 2. The minimum absolute atomic E-state index is 0.200. The van der Waals surface area contributed by atoms with Gasteiger partial charge in [-0.25, -0.2) is 9.78 Å². The van der Waals surface area contributed by atoms with Gasteiger partial charge in [-0.05, 0) is 37.6 Å². The lowest BCUT2D eigenvalue weighted by Gasteiger charge is -2.32. The molecule has 1 atom stereocenters. The van der Waals surface area contributed by atoms with Crippen LogP contribution < -0.4 is 0 Å². The standard InChI is InChI=1S/C20H21N5O3/c1-12-6-13(2)25(23-12)9-14-4-3-5-15(7-14)19(26)24-10-17-16(21-11-22-17)8-18(24)20(27)28/h3-7,11,18H,8-10H2,1-2H3,(H,21,22)(H,27,28)/t18-/m0/s1. The normalized spacial score (nSPS) is 16.1. The minimum atomic E-state index is -1.03. The summed E-state index contributed by atoms with van der Waals surface area (Å²) in [6.45, 7) is 4.68. The molecule has 0 aliphatic carbocycles. The monoisotopic (exact) mass is 379 g/mol. The summed E-state index contributed by atoms with van der Waals surface area (Å²) in [5.74, 6) is -1.33. The highest BCUT2D eigenvalue weighted by Crippen LogP contribution is 2.23. The van der Waals surface area contributed by atoms with Crippen molar-refractivity contribution in [3.63, 3.8) is 0 Å². The molecule has 0 saturated carbocycles. The van der Waals surface area contributed by atoms with E-state index >= 15 is 0 Å². The van der Waals surface area contributed by atoms with Crippen molar-refractivity contribution in [3.8, 4) is 0 Å². The quantitative estimate of drug-likeness (QED) is 0.721. The Morgan fingerprint density at radius 1 is 1.29 bits per heavy atom. The van der Waals surface area contributed by atoms with E-state index in [1.807, 2.05) is 36.7 Å². The molecule has 3 heterocycles. The molecule has 144 valence electrons. The lowest BCUT2D eigenvalue weighted by atomic mass is 10.0. The van der Waals surface area contributed by atoms with Gasteiger partial charge in [0.25, 0.3) is 5.91 Å². The summed E-state index contributed by atoms with van der Waals surface area (Å²) in [6, 6.07) is 8.35. The third-order valence-electron chi connectivity index (χ3n) is 5.05. The number of carboxylic acids is 1. The number of rotatable bonds is 4. The molecule has 3 aromatic rings. The molecule has 1 aliphatic rings. The van der Waals surface area contributed by atoms with Gasteiger partial charge in [0.2, 0.25) is 0 Å². The van der Waals surface area contributed by atoms with Crippen LogP contribution in [0.3, 0.4) is 0 Å². The molecule has 0 radical (unpaired) electrons. The third-order valence-corrected chi connectivity index (χ3v) is 5.05. The number of carboxylic acid groups (broad SMARTS) is 1. The summed E-state index contributed by atoms with van der Waals surface area (Å²) in [6.07, 6.45) is 1.73. The number of aliphatic carboxylic acids is 1. The smallest absolute Gasteiger partial charge is 0.326 e. The van der Waals surface area contributed by atoms with Crippen molar-refractivity contribution in [1.29, 1.82) is 0 Å². The van der Waals surface area contributed by atoms with E-state index in [2.05, 4.69) is 15.1 Å². The minimum Gasteiger partial charge on any atom is -0.480 e. The molecule has 2 N–H and O–H groups in total. The summed E-state index contributed by atoms with van der Waals surface area (Å²) < 4.78 is 1.89. The highest BCUT2D eigenvalue weighted by molar-refractivity contribution is 5.97. The van der Waals surface area contributed by atoms with Gasteiger partial charge < -0.3 is 15.0 Å². The summed E-state index contributed by atoms with van der Waals surface area (Å²) in [5.41, 5.74) is 4.87. The Morgan fingerprint density at radius 3 is 2.82 bits per heavy atom. The van der Waals surface area contributed by atoms with Crippen LogP contribution in [0.2, 0.25) is 0 Å². The van der Waals surface area contributed by atoms with Crippen LogP contribution in [-0.2, 0) is 24.3 Å². The Labute approximate surface area is 161 Å². The summed E-state index contributed by atoms with van der Waals surface area (Å²) in [5, 5.41) is 14.1. The van der Waals surface area contributed by atoms with Crippen molar-refractivity contribution in [2.24, 2.45) is 0 Å². The molecular formula is C20H21N5O3. The van der Waals surface area contributed by atoms with Crippen LogP contribution in [0.4, 0.5) is 0 Å². The zero-order chi connectivity index (χ0) is 19.8. The maximum atomic E-state index is 13.1. The number of nitrogens with one attached hydrogen (secondary N) is 1. The lowest BCUT2D eigenvalue weighted by Crippen LogP contribution is -2.48. The molecular weight excluding hydrogens is 358 g/mol. The van der Waals surface area contributed by atoms with Crippen molar-refractivity contribution < 1.29 is 14.7 Å². The summed E-state index contributed by atoms with van der Waals surface area (Å²) >= 11 is 0. The predicted octanol–water partition coefficient (Wildman–Crippen LogP) is 1.92. The number of amides is 1. The topological polar surface area (TPSA) is 104 Å². The van der Waals surface area contributed by atoms with Crippen LogP contribution in [0, 0.1) is 13.8 Å². The fraction of sp³-hybridized carbons (Fsp3) is 0.300. The zero-order valence-corrected chi connectivity index (χ0v) is 15.7. The molecule has 1 aliphatic heterocycles. The van der Waals surface area contributed by atoms with Crippen molar-refractivity contribution >= 4 is 11.9 Å². The Bertz CT molecular complexity index is 1050. The maximum Gasteiger partial charge on any atom is 0.326 e. The molecule has 0 unspecified atom stereocenters. The number of fused-ring (bicyclic) bond motifs is 1. The second kappa shape index (κ2) is 6.95. The van der Waals surface area contributed by atoms with Gasteiger partial charge in [-0.3, -0.25) is 9.48 Å². The number of hydrogen-bond acceptors (Lipinski definition) is 4. The Balaban J connectivity index is 1.60. The molecule has 0 spiro atoms. The number of aryl methyl sites for hydroxylation is 2. The highest BCUT2D eigenvalue weighted by Gasteiger charge is 2.36. The first kappa shape index (κ1) is 18.0. The van der Waals surface area contributed by atoms with Gasteiger partial charge in [-0.2, -0.15) is 5.10 Å². The largest absolute Gasteiger partial charge is 0.480 e. The van der Waals surface area contributed by atoms with Crippen LogP contribution in [0.25, 0.3) is 0 Å². The summed E-state index contributed by atoms with van der Waals surface area (Å²) in [7, 11) is 0. The average Bonchev–Trinajstić information content (AvgIpc) is 3.25. The molecule has 0 saturated heterocycles. The number of nitrogens with zero attached hydrogens (tertiary/aromatic N) is 4. The first-order valence-corrected chi connectivity index (χ1v) is 9.07. The fourth-order valence-corrected chi connectivity index (χ4v) is 3.65. The van der Waals surface area contributed by atoms with E-state index in [-0.39, 0.29) is 18.9 Å². The number of imidazole rings is 1. The molecule has 2 aromatic heterocycles. The van der Waals surface area contributed by atoms with Gasteiger partial charge in [-0.1, -0.05) is 12.1 Å². The van der Waals surface area contributed by atoms with E-state index in [9.17, 15) is 14.7 Å². The first-order chi connectivity index (χ1) is 13.4.